The summed E-state index contributed by atoms with van der Waals surface area (Å²) in [5.41, 5.74) is 1.17. The van der Waals surface area contributed by atoms with E-state index in [-0.39, 0.29) is 0 Å². The zero-order chi connectivity index (χ0) is 15.4. The van der Waals surface area contributed by atoms with Crippen LogP contribution in [0.1, 0.15) is 12.0 Å². The SMILES string of the molecule is COc1ccnc(N2CC[C@@H](CNc3ccc(C)cn3)C2)n1. The molecule has 116 valence electrons. The van der Waals surface area contributed by atoms with E-state index < -0.39 is 0 Å². The van der Waals surface area contributed by atoms with E-state index >= 15 is 0 Å². The summed E-state index contributed by atoms with van der Waals surface area (Å²) in [6, 6.07) is 5.86. The number of nitrogens with one attached hydrogen (secondary N) is 1. The molecule has 2 aromatic rings. The van der Waals surface area contributed by atoms with Gasteiger partial charge >= 0.3 is 0 Å². The van der Waals surface area contributed by atoms with Crippen molar-refractivity contribution in [1.82, 2.24) is 15.0 Å². The fraction of sp³-hybridized carbons (Fsp3) is 0.438. The lowest BCUT2D eigenvalue weighted by Crippen LogP contribution is -2.24. The minimum Gasteiger partial charge on any atom is -0.481 e. The lowest BCUT2D eigenvalue weighted by Gasteiger charge is -2.17. The van der Waals surface area contributed by atoms with E-state index in [1.807, 2.05) is 19.2 Å². The molecule has 1 saturated heterocycles. The summed E-state index contributed by atoms with van der Waals surface area (Å²) >= 11 is 0. The van der Waals surface area contributed by atoms with Crippen molar-refractivity contribution in [1.29, 1.82) is 0 Å². The summed E-state index contributed by atoms with van der Waals surface area (Å²) in [7, 11) is 1.62. The van der Waals surface area contributed by atoms with Gasteiger partial charge in [0.2, 0.25) is 11.8 Å². The van der Waals surface area contributed by atoms with Gasteiger partial charge in [0, 0.05) is 38.1 Å². The summed E-state index contributed by atoms with van der Waals surface area (Å²) < 4.78 is 5.16. The highest BCUT2D eigenvalue weighted by molar-refractivity contribution is 5.37. The van der Waals surface area contributed by atoms with Crippen molar-refractivity contribution >= 4 is 11.8 Å². The van der Waals surface area contributed by atoms with Gasteiger partial charge in [0.1, 0.15) is 5.82 Å². The molecule has 1 aliphatic heterocycles. The van der Waals surface area contributed by atoms with Crippen LogP contribution in [-0.2, 0) is 0 Å². The molecule has 0 bridgehead atoms. The predicted octanol–water partition coefficient (Wildman–Crippen LogP) is 2.13. The summed E-state index contributed by atoms with van der Waals surface area (Å²) in [5.74, 6) is 2.85. The molecule has 6 heteroatoms. The number of rotatable bonds is 5. The molecule has 0 spiro atoms. The largest absolute Gasteiger partial charge is 0.481 e. The zero-order valence-electron chi connectivity index (χ0n) is 13.0. The lowest BCUT2D eigenvalue weighted by atomic mass is 10.1. The molecular weight excluding hydrogens is 278 g/mol. The maximum atomic E-state index is 5.16. The van der Waals surface area contributed by atoms with Gasteiger partial charge in [-0.25, -0.2) is 9.97 Å². The van der Waals surface area contributed by atoms with Crippen molar-refractivity contribution in [2.75, 3.05) is 37.0 Å². The van der Waals surface area contributed by atoms with Gasteiger partial charge in [-0.1, -0.05) is 6.07 Å². The number of anilines is 2. The van der Waals surface area contributed by atoms with E-state index in [9.17, 15) is 0 Å². The average molecular weight is 299 g/mol. The quantitative estimate of drug-likeness (QED) is 0.912. The average Bonchev–Trinajstić information content (AvgIpc) is 3.03. The number of aromatic nitrogens is 3. The highest BCUT2D eigenvalue weighted by Crippen LogP contribution is 2.22. The Morgan fingerprint density at radius 1 is 1.32 bits per heavy atom. The maximum absolute atomic E-state index is 5.16. The molecule has 1 N–H and O–H groups in total. The lowest BCUT2D eigenvalue weighted by molar-refractivity contribution is 0.397. The Labute approximate surface area is 130 Å². The summed E-state index contributed by atoms with van der Waals surface area (Å²) in [6.45, 7) is 4.88. The van der Waals surface area contributed by atoms with E-state index in [2.05, 4.69) is 31.2 Å². The first-order chi connectivity index (χ1) is 10.7. The number of nitrogens with zero attached hydrogens (tertiary/aromatic N) is 4. The molecule has 6 nitrogen and oxygen atoms in total. The van der Waals surface area contributed by atoms with Gasteiger partial charge in [-0.3, -0.25) is 0 Å². The fourth-order valence-electron chi connectivity index (χ4n) is 2.60. The third-order valence-corrected chi connectivity index (χ3v) is 3.88. The van der Waals surface area contributed by atoms with Gasteiger partial charge in [-0.05, 0) is 30.9 Å². The van der Waals surface area contributed by atoms with Gasteiger partial charge in [-0.15, -0.1) is 0 Å². The number of pyridine rings is 1. The van der Waals surface area contributed by atoms with E-state index in [0.29, 0.717) is 11.8 Å². The van der Waals surface area contributed by atoms with Crippen LogP contribution < -0.4 is 15.0 Å². The van der Waals surface area contributed by atoms with E-state index in [4.69, 9.17) is 4.74 Å². The Morgan fingerprint density at radius 2 is 2.23 bits per heavy atom. The van der Waals surface area contributed by atoms with Crippen LogP contribution in [0.4, 0.5) is 11.8 Å². The molecule has 1 fully saturated rings. The maximum Gasteiger partial charge on any atom is 0.228 e. The van der Waals surface area contributed by atoms with Crippen molar-refractivity contribution in [3.05, 3.63) is 36.2 Å². The Morgan fingerprint density at radius 3 is 3.00 bits per heavy atom. The number of aryl methyl sites for hydroxylation is 1. The minimum absolute atomic E-state index is 0.568. The smallest absolute Gasteiger partial charge is 0.228 e. The van der Waals surface area contributed by atoms with Gasteiger partial charge in [0.25, 0.3) is 0 Å². The van der Waals surface area contributed by atoms with Crippen molar-refractivity contribution in [3.63, 3.8) is 0 Å². The zero-order valence-corrected chi connectivity index (χ0v) is 13.0. The molecular formula is C16H21N5O. The molecule has 0 saturated carbocycles. The molecule has 0 amide bonds. The van der Waals surface area contributed by atoms with Crippen LogP contribution in [0.5, 0.6) is 5.88 Å². The number of hydrogen-bond acceptors (Lipinski definition) is 6. The van der Waals surface area contributed by atoms with Gasteiger partial charge in [0.05, 0.1) is 7.11 Å². The normalized spacial score (nSPS) is 17.5. The molecule has 22 heavy (non-hydrogen) atoms. The van der Waals surface area contributed by atoms with E-state index in [1.165, 1.54) is 5.56 Å². The summed E-state index contributed by atoms with van der Waals surface area (Å²) in [5, 5.41) is 3.41. The molecule has 0 aromatic carbocycles. The van der Waals surface area contributed by atoms with Crippen molar-refractivity contribution in [2.24, 2.45) is 5.92 Å². The van der Waals surface area contributed by atoms with Crippen molar-refractivity contribution in [3.8, 4) is 5.88 Å². The number of hydrogen-bond donors (Lipinski definition) is 1. The Hall–Kier alpha value is -2.37. The molecule has 0 unspecified atom stereocenters. The van der Waals surface area contributed by atoms with Crippen LogP contribution >= 0.6 is 0 Å². The second kappa shape index (κ2) is 6.60. The van der Waals surface area contributed by atoms with E-state index in [0.717, 1.165) is 37.8 Å². The highest BCUT2D eigenvalue weighted by Gasteiger charge is 2.24. The monoisotopic (exact) mass is 299 g/mol. The predicted molar refractivity (Wildman–Crippen MR) is 86.4 cm³/mol. The molecule has 3 rings (SSSR count). The summed E-state index contributed by atoms with van der Waals surface area (Å²) in [6.07, 6.45) is 4.75. The number of methoxy groups -OCH3 is 1. The Bertz CT molecular complexity index is 616. The first-order valence-electron chi connectivity index (χ1n) is 7.53. The van der Waals surface area contributed by atoms with Crippen LogP contribution in [0.25, 0.3) is 0 Å². The molecule has 1 atom stereocenters. The molecule has 3 heterocycles. The van der Waals surface area contributed by atoms with Gasteiger partial charge < -0.3 is 15.0 Å². The third kappa shape index (κ3) is 3.44. The Kier molecular flexibility index (Phi) is 4.37. The van der Waals surface area contributed by atoms with Gasteiger partial charge in [0.15, 0.2) is 0 Å². The fourth-order valence-corrected chi connectivity index (χ4v) is 2.60. The Balaban J connectivity index is 1.54. The third-order valence-electron chi connectivity index (χ3n) is 3.88. The summed E-state index contributed by atoms with van der Waals surface area (Å²) in [4.78, 5) is 15.3. The van der Waals surface area contributed by atoms with Crippen LogP contribution in [0.2, 0.25) is 0 Å². The number of ether oxygens (including phenoxy) is 1. The van der Waals surface area contributed by atoms with E-state index in [1.54, 1.807) is 19.4 Å². The van der Waals surface area contributed by atoms with Crippen LogP contribution in [0.3, 0.4) is 0 Å². The minimum atomic E-state index is 0.568. The van der Waals surface area contributed by atoms with Crippen molar-refractivity contribution in [2.45, 2.75) is 13.3 Å². The highest BCUT2D eigenvalue weighted by atomic mass is 16.5. The molecule has 1 aliphatic rings. The van der Waals surface area contributed by atoms with Crippen LogP contribution in [-0.4, -0.2) is 41.7 Å². The second-order valence-electron chi connectivity index (χ2n) is 5.60. The topological polar surface area (TPSA) is 63.2 Å². The molecule has 0 aliphatic carbocycles. The van der Waals surface area contributed by atoms with Crippen LogP contribution in [0, 0.1) is 12.8 Å². The first kappa shape index (κ1) is 14.6. The van der Waals surface area contributed by atoms with Gasteiger partial charge in [-0.2, -0.15) is 4.98 Å². The molecule has 2 aromatic heterocycles. The van der Waals surface area contributed by atoms with Crippen molar-refractivity contribution < 1.29 is 4.74 Å². The standard InChI is InChI=1S/C16H21N5O/c1-12-3-4-14(18-9-12)19-10-13-6-8-21(11-13)16-17-7-5-15(20-16)22-2/h3-5,7,9,13H,6,8,10-11H2,1-2H3,(H,18,19)/t13-/m0/s1. The second-order valence-corrected chi connectivity index (χ2v) is 5.60. The van der Waals surface area contributed by atoms with Crippen LogP contribution in [0.15, 0.2) is 30.6 Å². The molecule has 0 radical (unpaired) electrons. The first-order valence-corrected chi connectivity index (χ1v) is 7.53.